The molecule has 2 aromatic heterocycles. The number of guanidine groups is 1. The molecule has 0 fully saturated rings. The van der Waals surface area contributed by atoms with Gasteiger partial charge in [-0.15, -0.1) is 0 Å². The molecule has 0 aliphatic carbocycles. The fourth-order valence-corrected chi connectivity index (χ4v) is 3.08. The average molecular weight is 339 g/mol. The van der Waals surface area contributed by atoms with Crippen LogP contribution in [0.5, 0.6) is 0 Å². The predicted molar refractivity (Wildman–Crippen MR) is 99.1 cm³/mol. The standard InChI is InChI=1S/C18H21N5S/c1-19-18(22-11-17-5-8-24-13-17)21-10-15-3-2-4-16(9-15)12-23-7-6-20-14-23/h2-9,13-14H,10-12H2,1H3,(H2,19,21,22). The second-order valence-electron chi connectivity index (χ2n) is 5.47. The number of imidazole rings is 1. The Morgan fingerprint density at radius 2 is 2.00 bits per heavy atom. The summed E-state index contributed by atoms with van der Waals surface area (Å²) in [5.74, 6) is 0.807. The molecule has 24 heavy (non-hydrogen) atoms. The Bertz CT molecular complexity index is 763. The van der Waals surface area contributed by atoms with E-state index in [0.29, 0.717) is 0 Å². The van der Waals surface area contributed by atoms with Crippen molar-refractivity contribution >= 4 is 17.3 Å². The summed E-state index contributed by atoms with van der Waals surface area (Å²) in [6.45, 7) is 2.35. The summed E-state index contributed by atoms with van der Waals surface area (Å²) in [7, 11) is 1.79. The zero-order chi connectivity index (χ0) is 16.6. The van der Waals surface area contributed by atoms with E-state index in [-0.39, 0.29) is 0 Å². The minimum absolute atomic E-state index is 0.737. The fourth-order valence-electron chi connectivity index (χ4n) is 2.41. The Kier molecular flexibility index (Phi) is 5.63. The molecule has 0 radical (unpaired) electrons. The molecule has 0 atom stereocenters. The van der Waals surface area contributed by atoms with Crippen LogP contribution in [0.2, 0.25) is 0 Å². The van der Waals surface area contributed by atoms with Gasteiger partial charge in [-0.1, -0.05) is 24.3 Å². The second kappa shape index (κ2) is 8.31. The molecule has 3 rings (SSSR count). The number of thiophene rings is 1. The van der Waals surface area contributed by atoms with Crippen LogP contribution in [0.1, 0.15) is 16.7 Å². The number of aromatic nitrogens is 2. The van der Waals surface area contributed by atoms with Crippen molar-refractivity contribution in [2.24, 2.45) is 4.99 Å². The second-order valence-corrected chi connectivity index (χ2v) is 6.25. The maximum Gasteiger partial charge on any atom is 0.191 e. The van der Waals surface area contributed by atoms with Gasteiger partial charge in [0, 0.05) is 39.1 Å². The third kappa shape index (κ3) is 4.70. The highest BCUT2D eigenvalue weighted by Crippen LogP contribution is 2.08. The Morgan fingerprint density at radius 3 is 2.71 bits per heavy atom. The number of hydrogen-bond acceptors (Lipinski definition) is 3. The molecule has 0 unspecified atom stereocenters. The van der Waals surface area contributed by atoms with Crippen LogP contribution in [0.15, 0.2) is 64.8 Å². The number of aliphatic imine (C=N–C) groups is 1. The molecule has 6 heteroatoms. The zero-order valence-electron chi connectivity index (χ0n) is 13.6. The monoisotopic (exact) mass is 339 g/mol. The van der Waals surface area contributed by atoms with Gasteiger partial charge in [0.2, 0.25) is 0 Å². The van der Waals surface area contributed by atoms with Gasteiger partial charge in [-0.25, -0.2) is 4.98 Å². The van der Waals surface area contributed by atoms with Crippen molar-refractivity contribution in [3.05, 3.63) is 76.5 Å². The molecule has 1 aromatic carbocycles. The summed E-state index contributed by atoms with van der Waals surface area (Å²) in [5, 5.41) is 10.9. The fraction of sp³-hybridized carbons (Fsp3) is 0.222. The molecule has 2 N–H and O–H groups in total. The summed E-state index contributed by atoms with van der Waals surface area (Å²) < 4.78 is 2.06. The maximum atomic E-state index is 4.27. The lowest BCUT2D eigenvalue weighted by Gasteiger charge is -2.12. The van der Waals surface area contributed by atoms with Crippen LogP contribution < -0.4 is 10.6 Å². The van der Waals surface area contributed by atoms with Crippen molar-refractivity contribution in [3.8, 4) is 0 Å². The third-order valence-corrected chi connectivity index (χ3v) is 4.37. The Labute approximate surface area is 146 Å². The largest absolute Gasteiger partial charge is 0.352 e. The van der Waals surface area contributed by atoms with Crippen molar-refractivity contribution in [1.29, 1.82) is 0 Å². The molecular formula is C18H21N5S. The highest BCUT2D eigenvalue weighted by molar-refractivity contribution is 7.07. The van der Waals surface area contributed by atoms with Crippen molar-refractivity contribution in [1.82, 2.24) is 20.2 Å². The van der Waals surface area contributed by atoms with E-state index in [1.165, 1.54) is 16.7 Å². The van der Waals surface area contributed by atoms with Crippen LogP contribution >= 0.6 is 11.3 Å². The maximum absolute atomic E-state index is 4.27. The van der Waals surface area contributed by atoms with E-state index in [1.807, 2.05) is 12.5 Å². The lowest BCUT2D eigenvalue weighted by Crippen LogP contribution is -2.36. The van der Waals surface area contributed by atoms with Crippen LogP contribution in [0.4, 0.5) is 0 Å². The molecule has 0 aliphatic heterocycles. The van der Waals surface area contributed by atoms with E-state index in [9.17, 15) is 0 Å². The van der Waals surface area contributed by atoms with Crippen LogP contribution in [0, 0.1) is 0 Å². The molecule has 5 nitrogen and oxygen atoms in total. The zero-order valence-corrected chi connectivity index (χ0v) is 14.5. The van der Waals surface area contributed by atoms with E-state index < -0.39 is 0 Å². The van der Waals surface area contributed by atoms with Crippen LogP contribution in [0.25, 0.3) is 0 Å². The molecule has 0 spiro atoms. The first-order valence-corrected chi connectivity index (χ1v) is 8.77. The predicted octanol–water partition coefficient (Wildman–Crippen LogP) is 2.86. The molecule has 0 bridgehead atoms. The SMILES string of the molecule is CN=C(NCc1ccsc1)NCc1cccc(Cn2ccnc2)c1. The quantitative estimate of drug-likeness (QED) is 0.536. The first-order valence-electron chi connectivity index (χ1n) is 7.82. The molecule has 0 saturated heterocycles. The summed E-state index contributed by atoms with van der Waals surface area (Å²) >= 11 is 1.71. The first kappa shape index (κ1) is 16.3. The van der Waals surface area contributed by atoms with E-state index in [1.54, 1.807) is 24.6 Å². The van der Waals surface area contributed by atoms with E-state index in [2.05, 4.69) is 66.3 Å². The Hall–Kier alpha value is -2.60. The summed E-state index contributed by atoms with van der Waals surface area (Å²) in [6.07, 6.45) is 5.61. The van der Waals surface area contributed by atoms with E-state index >= 15 is 0 Å². The summed E-state index contributed by atoms with van der Waals surface area (Å²) in [6, 6.07) is 10.7. The number of nitrogens with one attached hydrogen (secondary N) is 2. The normalized spacial score (nSPS) is 11.5. The van der Waals surface area contributed by atoms with Gasteiger partial charge in [0.25, 0.3) is 0 Å². The van der Waals surface area contributed by atoms with Gasteiger partial charge >= 0.3 is 0 Å². The van der Waals surface area contributed by atoms with Gasteiger partial charge in [-0.3, -0.25) is 4.99 Å². The topological polar surface area (TPSA) is 54.2 Å². The van der Waals surface area contributed by atoms with Gasteiger partial charge in [-0.2, -0.15) is 11.3 Å². The smallest absolute Gasteiger partial charge is 0.191 e. The van der Waals surface area contributed by atoms with Gasteiger partial charge in [0.1, 0.15) is 0 Å². The third-order valence-electron chi connectivity index (χ3n) is 3.64. The van der Waals surface area contributed by atoms with Crippen LogP contribution in [-0.2, 0) is 19.6 Å². The lowest BCUT2D eigenvalue weighted by molar-refractivity contribution is 0.787. The molecule has 2 heterocycles. The molecule has 3 aromatic rings. The van der Waals surface area contributed by atoms with Crippen molar-refractivity contribution in [2.75, 3.05) is 7.05 Å². The van der Waals surface area contributed by atoms with Gasteiger partial charge < -0.3 is 15.2 Å². The lowest BCUT2D eigenvalue weighted by atomic mass is 10.1. The summed E-state index contributed by atoms with van der Waals surface area (Å²) in [5.41, 5.74) is 3.75. The molecule has 0 saturated carbocycles. The minimum Gasteiger partial charge on any atom is -0.352 e. The highest BCUT2D eigenvalue weighted by Gasteiger charge is 2.01. The van der Waals surface area contributed by atoms with Gasteiger partial charge in [0.15, 0.2) is 5.96 Å². The highest BCUT2D eigenvalue weighted by atomic mass is 32.1. The van der Waals surface area contributed by atoms with Gasteiger partial charge in [0.05, 0.1) is 6.33 Å². The summed E-state index contributed by atoms with van der Waals surface area (Å²) in [4.78, 5) is 8.35. The first-order chi connectivity index (χ1) is 11.8. The Morgan fingerprint density at radius 1 is 1.17 bits per heavy atom. The Balaban J connectivity index is 1.53. The number of benzene rings is 1. The van der Waals surface area contributed by atoms with Crippen LogP contribution in [-0.4, -0.2) is 22.6 Å². The molecule has 0 aliphatic rings. The van der Waals surface area contributed by atoms with Crippen molar-refractivity contribution in [3.63, 3.8) is 0 Å². The van der Waals surface area contributed by atoms with E-state index in [0.717, 1.165) is 25.6 Å². The van der Waals surface area contributed by atoms with Crippen molar-refractivity contribution in [2.45, 2.75) is 19.6 Å². The minimum atomic E-state index is 0.737. The molecule has 124 valence electrons. The number of rotatable bonds is 6. The number of hydrogen-bond donors (Lipinski definition) is 2. The molecular weight excluding hydrogens is 318 g/mol. The van der Waals surface area contributed by atoms with Crippen LogP contribution in [0.3, 0.4) is 0 Å². The number of nitrogens with zero attached hydrogens (tertiary/aromatic N) is 3. The molecule has 0 amide bonds. The van der Waals surface area contributed by atoms with E-state index in [4.69, 9.17) is 0 Å². The van der Waals surface area contributed by atoms with Gasteiger partial charge in [-0.05, 0) is 33.5 Å². The van der Waals surface area contributed by atoms with Crippen molar-refractivity contribution < 1.29 is 0 Å². The average Bonchev–Trinajstić information content (AvgIpc) is 3.29.